The molecule has 2 aliphatic heterocycles. The van der Waals surface area contributed by atoms with Gasteiger partial charge in [0.1, 0.15) is 12.6 Å². The second-order valence-corrected chi connectivity index (χ2v) is 5.21. The van der Waals surface area contributed by atoms with Crippen LogP contribution >= 0.6 is 0 Å². The van der Waals surface area contributed by atoms with E-state index in [9.17, 15) is 9.59 Å². The van der Waals surface area contributed by atoms with E-state index in [1.807, 2.05) is 6.07 Å². The van der Waals surface area contributed by atoms with E-state index < -0.39 is 0 Å². The van der Waals surface area contributed by atoms with Crippen molar-refractivity contribution in [2.24, 2.45) is 0 Å². The molecule has 0 spiro atoms. The topological polar surface area (TPSA) is 65.5 Å². The summed E-state index contributed by atoms with van der Waals surface area (Å²) in [5.74, 6) is 0.599. The lowest BCUT2D eigenvalue weighted by Gasteiger charge is -2.38. The summed E-state index contributed by atoms with van der Waals surface area (Å²) in [5.41, 5.74) is 0.717. The van der Waals surface area contributed by atoms with Crippen molar-refractivity contribution in [2.75, 3.05) is 29.4 Å². The fourth-order valence-electron chi connectivity index (χ4n) is 2.94. The summed E-state index contributed by atoms with van der Waals surface area (Å²) < 4.78 is 0. The average Bonchev–Trinajstić information content (AvgIpc) is 2.99. The fourth-order valence-corrected chi connectivity index (χ4v) is 2.94. The van der Waals surface area contributed by atoms with Crippen molar-refractivity contribution in [3.8, 4) is 0 Å². The van der Waals surface area contributed by atoms with Gasteiger partial charge in [0, 0.05) is 19.3 Å². The summed E-state index contributed by atoms with van der Waals surface area (Å²) in [5, 5.41) is 2.71. The molecule has 0 radical (unpaired) electrons. The monoisotopic (exact) mass is 286 g/mol. The van der Waals surface area contributed by atoms with Gasteiger partial charge in [0.2, 0.25) is 11.8 Å². The van der Waals surface area contributed by atoms with Crippen LogP contribution in [0.2, 0.25) is 0 Å². The maximum absolute atomic E-state index is 12.6. The van der Waals surface area contributed by atoms with E-state index in [4.69, 9.17) is 0 Å². The highest BCUT2D eigenvalue weighted by Crippen LogP contribution is 2.37. The Hall–Kier alpha value is -2.37. The van der Waals surface area contributed by atoms with Gasteiger partial charge in [-0.1, -0.05) is 6.08 Å². The SMILES string of the molecule is C=CCNC(=O)CN1C(=O)[C@@H]2CCCN2c2ncccc21. The van der Waals surface area contributed by atoms with E-state index in [-0.39, 0.29) is 24.4 Å². The molecule has 3 heterocycles. The molecule has 6 heteroatoms. The summed E-state index contributed by atoms with van der Waals surface area (Å²) >= 11 is 0. The number of fused-ring (bicyclic) bond motifs is 3. The van der Waals surface area contributed by atoms with E-state index in [2.05, 4.69) is 21.8 Å². The molecule has 6 nitrogen and oxygen atoms in total. The van der Waals surface area contributed by atoms with Crippen LogP contribution in [0, 0.1) is 0 Å². The van der Waals surface area contributed by atoms with Crippen LogP contribution in [0.5, 0.6) is 0 Å². The first kappa shape index (κ1) is 13.6. The van der Waals surface area contributed by atoms with Crippen molar-refractivity contribution >= 4 is 23.3 Å². The van der Waals surface area contributed by atoms with Crippen molar-refractivity contribution < 1.29 is 9.59 Å². The number of aromatic nitrogens is 1. The van der Waals surface area contributed by atoms with E-state index in [0.29, 0.717) is 6.54 Å². The number of hydrogen-bond donors (Lipinski definition) is 1. The van der Waals surface area contributed by atoms with E-state index in [1.54, 1.807) is 23.2 Å². The molecule has 1 aromatic rings. The summed E-state index contributed by atoms with van der Waals surface area (Å²) in [6, 6.07) is 3.45. The number of anilines is 2. The Morgan fingerprint density at radius 1 is 1.57 bits per heavy atom. The van der Waals surface area contributed by atoms with Crippen LogP contribution in [0.4, 0.5) is 11.5 Å². The van der Waals surface area contributed by atoms with Gasteiger partial charge >= 0.3 is 0 Å². The zero-order chi connectivity index (χ0) is 14.8. The Balaban J connectivity index is 1.89. The lowest BCUT2D eigenvalue weighted by molar-refractivity contribution is -0.124. The molecule has 1 atom stereocenters. The van der Waals surface area contributed by atoms with Crippen molar-refractivity contribution in [1.82, 2.24) is 10.3 Å². The smallest absolute Gasteiger partial charge is 0.250 e. The zero-order valence-electron chi connectivity index (χ0n) is 11.8. The molecule has 1 aromatic heterocycles. The van der Waals surface area contributed by atoms with Gasteiger partial charge in [-0.15, -0.1) is 6.58 Å². The second-order valence-electron chi connectivity index (χ2n) is 5.21. The number of rotatable bonds is 4. The minimum absolute atomic E-state index is 0.0123. The number of pyridine rings is 1. The molecular weight excluding hydrogens is 268 g/mol. The lowest BCUT2D eigenvalue weighted by Crippen LogP contribution is -2.53. The molecule has 1 N–H and O–H groups in total. The Morgan fingerprint density at radius 3 is 3.24 bits per heavy atom. The number of nitrogens with one attached hydrogen (secondary N) is 1. The molecule has 0 bridgehead atoms. The third-order valence-electron chi connectivity index (χ3n) is 3.88. The highest BCUT2D eigenvalue weighted by Gasteiger charge is 2.41. The Bertz CT molecular complexity index is 587. The van der Waals surface area contributed by atoms with Crippen LogP contribution in [0.1, 0.15) is 12.8 Å². The van der Waals surface area contributed by atoms with Crippen LogP contribution in [-0.4, -0.2) is 42.5 Å². The zero-order valence-corrected chi connectivity index (χ0v) is 11.8. The summed E-state index contributed by atoms with van der Waals surface area (Å²) in [6.45, 7) is 4.83. The van der Waals surface area contributed by atoms with Crippen molar-refractivity contribution in [3.05, 3.63) is 31.0 Å². The Kier molecular flexibility index (Phi) is 3.60. The van der Waals surface area contributed by atoms with Gasteiger partial charge in [0.15, 0.2) is 5.82 Å². The average molecular weight is 286 g/mol. The number of nitrogens with zero attached hydrogens (tertiary/aromatic N) is 3. The first-order chi connectivity index (χ1) is 10.2. The highest BCUT2D eigenvalue weighted by molar-refractivity contribution is 6.07. The van der Waals surface area contributed by atoms with Crippen LogP contribution in [0.25, 0.3) is 0 Å². The van der Waals surface area contributed by atoms with Gasteiger partial charge in [0.05, 0.1) is 5.69 Å². The van der Waals surface area contributed by atoms with Crippen LogP contribution in [-0.2, 0) is 9.59 Å². The van der Waals surface area contributed by atoms with Gasteiger partial charge in [0.25, 0.3) is 0 Å². The van der Waals surface area contributed by atoms with Crippen LogP contribution in [0.15, 0.2) is 31.0 Å². The number of carbonyl (C=O) groups excluding carboxylic acids is 2. The summed E-state index contributed by atoms with van der Waals surface area (Å²) in [7, 11) is 0. The molecule has 0 unspecified atom stereocenters. The third kappa shape index (κ3) is 2.37. The van der Waals surface area contributed by atoms with Crippen molar-refractivity contribution in [3.63, 3.8) is 0 Å². The quantitative estimate of drug-likeness (QED) is 0.828. The van der Waals surface area contributed by atoms with Crippen molar-refractivity contribution in [1.29, 1.82) is 0 Å². The molecule has 3 rings (SSSR count). The Morgan fingerprint density at radius 2 is 2.43 bits per heavy atom. The molecule has 110 valence electrons. The fraction of sp³-hybridized carbons (Fsp3) is 0.400. The second kappa shape index (κ2) is 5.55. The predicted molar refractivity (Wildman–Crippen MR) is 80.2 cm³/mol. The van der Waals surface area contributed by atoms with Crippen LogP contribution in [0.3, 0.4) is 0 Å². The molecule has 1 fully saturated rings. The number of hydrogen-bond acceptors (Lipinski definition) is 4. The predicted octanol–water partition coefficient (Wildman–Crippen LogP) is 0.699. The first-order valence-electron chi connectivity index (χ1n) is 7.13. The van der Waals surface area contributed by atoms with E-state index >= 15 is 0 Å². The largest absolute Gasteiger partial charge is 0.351 e. The summed E-state index contributed by atoms with van der Waals surface area (Å²) in [6.07, 6.45) is 5.13. The maximum atomic E-state index is 12.6. The number of carbonyl (C=O) groups is 2. The molecule has 0 aliphatic carbocycles. The summed E-state index contributed by atoms with van der Waals surface area (Å²) in [4.78, 5) is 32.6. The van der Waals surface area contributed by atoms with Gasteiger partial charge < -0.3 is 10.2 Å². The van der Waals surface area contributed by atoms with Gasteiger partial charge in [-0.25, -0.2) is 4.98 Å². The molecule has 1 saturated heterocycles. The molecule has 21 heavy (non-hydrogen) atoms. The molecular formula is C15H18N4O2. The van der Waals surface area contributed by atoms with Crippen molar-refractivity contribution in [2.45, 2.75) is 18.9 Å². The first-order valence-corrected chi connectivity index (χ1v) is 7.13. The van der Waals surface area contributed by atoms with E-state index in [1.165, 1.54) is 0 Å². The van der Waals surface area contributed by atoms with Gasteiger partial charge in [-0.2, -0.15) is 0 Å². The standard InChI is InChI=1S/C15H18N4O2/c1-2-7-16-13(20)10-19-11-5-3-8-17-14(11)18-9-4-6-12(18)15(19)21/h2-3,5,8,12H,1,4,6-7,9-10H2,(H,16,20)/t12-/m0/s1. The molecule has 2 aliphatic rings. The van der Waals surface area contributed by atoms with Gasteiger partial charge in [-0.05, 0) is 25.0 Å². The van der Waals surface area contributed by atoms with E-state index in [0.717, 1.165) is 30.9 Å². The minimum Gasteiger partial charge on any atom is -0.351 e. The third-order valence-corrected chi connectivity index (χ3v) is 3.88. The lowest BCUT2D eigenvalue weighted by atomic mass is 10.1. The number of amides is 2. The molecule has 0 saturated carbocycles. The minimum atomic E-state index is -0.190. The van der Waals surface area contributed by atoms with Gasteiger partial charge in [-0.3, -0.25) is 14.5 Å². The maximum Gasteiger partial charge on any atom is 0.250 e. The normalized spacial score (nSPS) is 20.0. The molecule has 0 aromatic carbocycles. The highest BCUT2D eigenvalue weighted by atomic mass is 16.2. The Labute approximate surface area is 123 Å². The van der Waals surface area contributed by atoms with Crippen LogP contribution < -0.4 is 15.1 Å². The molecule has 2 amide bonds.